The molecule has 2 aromatic heterocycles. The fraction of sp³-hybridized carbons (Fsp3) is 0. The van der Waals surface area contributed by atoms with E-state index in [1.807, 2.05) is 0 Å². The van der Waals surface area contributed by atoms with Crippen LogP contribution in [0, 0.1) is 0 Å². The maximum Gasteiger partial charge on any atom is 0.337 e. The number of nitrogens with zero attached hydrogens (tertiary/aromatic N) is 3. The highest BCUT2D eigenvalue weighted by molar-refractivity contribution is 6.33. The number of H-pyrrole nitrogens is 1. The molecule has 0 spiro atoms. The summed E-state index contributed by atoms with van der Waals surface area (Å²) in [5.41, 5.74) is 1.74. The molecule has 3 N–H and O–H groups in total. The summed E-state index contributed by atoms with van der Waals surface area (Å²) >= 11 is 5.82. The van der Waals surface area contributed by atoms with Gasteiger partial charge in [-0.3, -0.25) is 0 Å². The second-order valence-electron chi connectivity index (χ2n) is 3.95. The summed E-state index contributed by atoms with van der Waals surface area (Å²) in [5, 5.41) is 12.2. The summed E-state index contributed by atoms with van der Waals surface area (Å²) < 4.78 is 0. The van der Waals surface area contributed by atoms with Crippen LogP contribution < -0.4 is 5.32 Å². The number of imidazole rings is 1. The number of rotatable bonds is 3. The number of nitrogens with one attached hydrogen (secondary N) is 2. The molecule has 0 atom stereocenters. The lowest BCUT2D eigenvalue weighted by Gasteiger charge is -2.07. The minimum absolute atomic E-state index is 0.0200. The average Bonchev–Trinajstić information content (AvgIpc) is 2.90. The summed E-state index contributed by atoms with van der Waals surface area (Å²) in [6.45, 7) is 0. The molecule has 0 aliphatic carbocycles. The quantitative estimate of drug-likeness (QED) is 0.684. The topological polar surface area (TPSA) is 104 Å². The fourth-order valence-corrected chi connectivity index (χ4v) is 1.96. The molecule has 0 fully saturated rings. The predicted octanol–water partition coefficient (Wildman–Crippen LogP) is 2.45. The number of fused-ring (bicyclic) bond motifs is 1. The van der Waals surface area contributed by atoms with Crippen molar-refractivity contribution in [1.29, 1.82) is 0 Å². The van der Waals surface area contributed by atoms with Crippen LogP contribution in [0.2, 0.25) is 5.02 Å². The number of carboxylic acids is 1. The number of aromatic carboxylic acids is 1. The highest BCUT2D eigenvalue weighted by atomic mass is 35.5. The Balaban J connectivity index is 2.01. The van der Waals surface area contributed by atoms with Crippen molar-refractivity contribution in [3.8, 4) is 0 Å². The van der Waals surface area contributed by atoms with E-state index in [2.05, 4.69) is 25.3 Å². The van der Waals surface area contributed by atoms with E-state index in [0.29, 0.717) is 22.7 Å². The summed E-state index contributed by atoms with van der Waals surface area (Å²) in [7, 11) is 0. The normalized spacial score (nSPS) is 10.7. The molecule has 0 unspecified atom stereocenters. The van der Waals surface area contributed by atoms with Gasteiger partial charge in [0.05, 0.1) is 16.9 Å². The van der Waals surface area contributed by atoms with E-state index < -0.39 is 5.97 Å². The van der Waals surface area contributed by atoms with Gasteiger partial charge in [-0.25, -0.2) is 19.7 Å². The molecule has 0 bridgehead atoms. The van der Waals surface area contributed by atoms with Crippen molar-refractivity contribution >= 4 is 40.2 Å². The Labute approximate surface area is 117 Å². The van der Waals surface area contributed by atoms with Crippen LogP contribution in [0.15, 0.2) is 30.9 Å². The lowest BCUT2D eigenvalue weighted by molar-refractivity contribution is 0.0697. The highest BCUT2D eigenvalue weighted by Crippen LogP contribution is 2.24. The smallest absolute Gasteiger partial charge is 0.337 e. The molecule has 8 heteroatoms. The van der Waals surface area contributed by atoms with Crippen molar-refractivity contribution in [1.82, 2.24) is 19.9 Å². The molecule has 0 saturated heterocycles. The van der Waals surface area contributed by atoms with E-state index in [-0.39, 0.29) is 10.6 Å². The molecule has 0 aliphatic rings. The Bertz CT molecular complexity index is 801. The molecule has 0 saturated carbocycles. The summed E-state index contributed by atoms with van der Waals surface area (Å²) in [4.78, 5) is 26.1. The first kappa shape index (κ1) is 12.4. The number of carboxylic acid groups (broad SMARTS) is 1. The maximum atomic E-state index is 11.0. The van der Waals surface area contributed by atoms with Gasteiger partial charge in [-0.05, 0) is 18.2 Å². The minimum Gasteiger partial charge on any atom is -0.478 e. The zero-order chi connectivity index (χ0) is 14.1. The molecule has 0 radical (unpaired) electrons. The van der Waals surface area contributed by atoms with E-state index >= 15 is 0 Å². The summed E-state index contributed by atoms with van der Waals surface area (Å²) in [6.07, 6.45) is 2.88. The van der Waals surface area contributed by atoms with E-state index in [1.54, 1.807) is 6.07 Å². The Morgan fingerprint density at radius 3 is 2.95 bits per heavy atom. The van der Waals surface area contributed by atoms with Gasteiger partial charge in [0.2, 0.25) is 0 Å². The first-order valence-corrected chi connectivity index (χ1v) is 5.97. The zero-order valence-corrected chi connectivity index (χ0v) is 10.7. The van der Waals surface area contributed by atoms with E-state index in [4.69, 9.17) is 16.7 Å². The Kier molecular flexibility index (Phi) is 2.96. The third-order valence-corrected chi connectivity index (χ3v) is 3.01. The van der Waals surface area contributed by atoms with Crippen molar-refractivity contribution < 1.29 is 9.90 Å². The van der Waals surface area contributed by atoms with Crippen LogP contribution in [0.4, 0.5) is 11.5 Å². The van der Waals surface area contributed by atoms with Crippen LogP contribution in [-0.2, 0) is 0 Å². The minimum atomic E-state index is -1.09. The van der Waals surface area contributed by atoms with Gasteiger partial charge >= 0.3 is 5.97 Å². The lowest BCUT2D eigenvalue weighted by atomic mass is 10.2. The number of hydrogen-bond donors (Lipinski definition) is 3. The van der Waals surface area contributed by atoms with Crippen LogP contribution >= 0.6 is 11.6 Å². The molecule has 20 heavy (non-hydrogen) atoms. The van der Waals surface area contributed by atoms with Gasteiger partial charge in [0, 0.05) is 5.69 Å². The van der Waals surface area contributed by atoms with Crippen molar-refractivity contribution in [3.05, 3.63) is 41.4 Å². The van der Waals surface area contributed by atoms with Crippen molar-refractivity contribution in [2.75, 3.05) is 5.32 Å². The largest absolute Gasteiger partial charge is 0.478 e. The van der Waals surface area contributed by atoms with Crippen LogP contribution in [0.1, 0.15) is 10.4 Å². The maximum absolute atomic E-state index is 11.0. The average molecular weight is 290 g/mol. The number of halogens is 1. The second kappa shape index (κ2) is 4.78. The molecule has 2 heterocycles. The second-order valence-corrected chi connectivity index (χ2v) is 4.36. The van der Waals surface area contributed by atoms with Gasteiger partial charge in [0.25, 0.3) is 0 Å². The first-order valence-electron chi connectivity index (χ1n) is 5.59. The highest BCUT2D eigenvalue weighted by Gasteiger charge is 2.11. The van der Waals surface area contributed by atoms with Crippen molar-refractivity contribution in [2.24, 2.45) is 0 Å². The van der Waals surface area contributed by atoms with Crippen molar-refractivity contribution in [2.45, 2.75) is 0 Å². The van der Waals surface area contributed by atoms with Gasteiger partial charge < -0.3 is 15.4 Å². The first-order chi connectivity index (χ1) is 9.65. The third kappa shape index (κ3) is 2.14. The number of aromatic nitrogens is 4. The lowest BCUT2D eigenvalue weighted by Crippen LogP contribution is -2.00. The molecule has 100 valence electrons. The SMILES string of the molecule is O=C(O)c1cc(Nc2ncnc3nc[nH]c23)ccc1Cl. The molecule has 1 aromatic carbocycles. The van der Waals surface area contributed by atoms with E-state index in [9.17, 15) is 4.79 Å². The number of anilines is 2. The van der Waals surface area contributed by atoms with Gasteiger partial charge in [0.1, 0.15) is 11.8 Å². The van der Waals surface area contributed by atoms with Gasteiger partial charge in [-0.15, -0.1) is 0 Å². The predicted molar refractivity (Wildman–Crippen MR) is 73.4 cm³/mol. The molecular weight excluding hydrogens is 282 g/mol. The Morgan fingerprint density at radius 1 is 1.30 bits per heavy atom. The van der Waals surface area contributed by atoms with Gasteiger partial charge in [-0.1, -0.05) is 11.6 Å². The van der Waals surface area contributed by atoms with Crippen molar-refractivity contribution in [3.63, 3.8) is 0 Å². The van der Waals surface area contributed by atoms with E-state index in [0.717, 1.165) is 0 Å². The molecule has 0 aliphatic heterocycles. The number of carbonyl (C=O) groups is 1. The molecule has 3 aromatic rings. The Morgan fingerprint density at radius 2 is 2.15 bits per heavy atom. The number of aromatic amines is 1. The van der Waals surface area contributed by atoms with Crippen LogP contribution in [-0.4, -0.2) is 31.0 Å². The molecule has 0 amide bonds. The number of benzene rings is 1. The van der Waals surface area contributed by atoms with Crippen LogP contribution in [0.5, 0.6) is 0 Å². The molecule has 3 rings (SSSR count). The summed E-state index contributed by atoms with van der Waals surface area (Å²) in [5.74, 6) is -0.584. The standard InChI is InChI=1S/C12H8ClN5O2/c13-8-2-1-6(3-7(8)12(19)20)18-11-9-10(15-4-14-9)16-5-17-11/h1-5H,(H,19,20)(H2,14,15,16,17,18). The Hall–Kier alpha value is -2.67. The fourth-order valence-electron chi connectivity index (χ4n) is 1.76. The molecular formula is C12H8ClN5O2. The zero-order valence-electron chi connectivity index (χ0n) is 9.96. The number of hydrogen-bond acceptors (Lipinski definition) is 5. The van der Waals surface area contributed by atoms with Crippen LogP contribution in [0.25, 0.3) is 11.2 Å². The molecule has 7 nitrogen and oxygen atoms in total. The summed E-state index contributed by atoms with van der Waals surface area (Å²) in [6, 6.07) is 4.62. The van der Waals surface area contributed by atoms with Gasteiger partial charge in [0.15, 0.2) is 11.5 Å². The van der Waals surface area contributed by atoms with Crippen LogP contribution in [0.3, 0.4) is 0 Å². The monoisotopic (exact) mass is 289 g/mol. The van der Waals surface area contributed by atoms with Gasteiger partial charge in [-0.2, -0.15) is 0 Å². The third-order valence-electron chi connectivity index (χ3n) is 2.68. The van der Waals surface area contributed by atoms with E-state index in [1.165, 1.54) is 24.8 Å².